The minimum Gasteiger partial charge on any atom is -0.323 e. The van der Waals surface area contributed by atoms with E-state index in [9.17, 15) is 4.79 Å². The Bertz CT molecular complexity index is 456. The summed E-state index contributed by atoms with van der Waals surface area (Å²) in [4.78, 5) is 16.4. The van der Waals surface area contributed by atoms with E-state index in [4.69, 9.17) is 11.6 Å². The van der Waals surface area contributed by atoms with Crippen molar-refractivity contribution in [3.63, 3.8) is 0 Å². The summed E-state index contributed by atoms with van der Waals surface area (Å²) in [6.45, 7) is 4.80. The molecule has 1 amide bonds. The maximum absolute atomic E-state index is 12.3. The van der Waals surface area contributed by atoms with E-state index < -0.39 is 5.54 Å². The second kappa shape index (κ2) is 5.24. The lowest BCUT2D eigenvalue weighted by Crippen LogP contribution is -2.50. The number of anilines is 1. The van der Waals surface area contributed by atoms with Gasteiger partial charge in [-0.25, -0.2) is 4.98 Å². The van der Waals surface area contributed by atoms with Crippen LogP contribution in [0.4, 0.5) is 5.69 Å². The molecule has 0 saturated carbocycles. The van der Waals surface area contributed by atoms with E-state index in [-0.39, 0.29) is 5.91 Å². The molecule has 2 N–H and O–H groups in total. The quantitative estimate of drug-likeness (QED) is 0.828. The lowest BCUT2D eigenvalue weighted by molar-refractivity contribution is -0.122. The summed E-state index contributed by atoms with van der Waals surface area (Å²) in [6, 6.07) is 1.84. The molecule has 0 aromatic carbocycles. The molecule has 98 valence electrons. The Morgan fingerprint density at radius 3 is 3.00 bits per heavy atom. The zero-order valence-electron chi connectivity index (χ0n) is 10.7. The van der Waals surface area contributed by atoms with Gasteiger partial charge in [0.2, 0.25) is 5.91 Å². The summed E-state index contributed by atoms with van der Waals surface area (Å²) < 4.78 is 0. The Balaban J connectivity index is 2.13. The molecular formula is C13H18ClN3O. The van der Waals surface area contributed by atoms with Crippen molar-refractivity contribution in [3.8, 4) is 0 Å². The second-order valence-electron chi connectivity index (χ2n) is 4.75. The van der Waals surface area contributed by atoms with Crippen molar-refractivity contribution in [3.05, 3.63) is 23.0 Å². The van der Waals surface area contributed by atoms with Crippen molar-refractivity contribution in [2.45, 2.75) is 38.6 Å². The van der Waals surface area contributed by atoms with Gasteiger partial charge in [0.25, 0.3) is 0 Å². The standard InChI is InChI=1S/C13H18ClN3O/c1-3-13(5-4-6-16-13)12(18)17-10-7-9(2)11(14)15-8-10/h7-8,16H,3-6H2,1-2H3,(H,17,18). The Kier molecular flexibility index (Phi) is 3.88. The van der Waals surface area contributed by atoms with Crippen LogP contribution in [0.5, 0.6) is 0 Å². The number of carbonyl (C=O) groups is 1. The Morgan fingerprint density at radius 2 is 2.44 bits per heavy atom. The van der Waals surface area contributed by atoms with Crippen LogP contribution in [0.25, 0.3) is 0 Å². The maximum Gasteiger partial charge on any atom is 0.244 e. The molecule has 1 unspecified atom stereocenters. The van der Waals surface area contributed by atoms with Gasteiger partial charge in [-0.1, -0.05) is 18.5 Å². The molecule has 1 aromatic rings. The molecule has 2 rings (SSSR count). The van der Waals surface area contributed by atoms with Gasteiger partial charge in [-0.2, -0.15) is 0 Å². The molecular weight excluding hydrogens is 250 g/mol. The lowest BCUT2D eigenvalue weighted by atomic mass is 9.93. The molecule has 0 bridgehead atoms. The number of amides is 1. The van der Waals surface area contributed by atoms with Gasteiger partial charge in [-0.05, 0) is 44.4 Å². The van der Waals surface area contributed by atoms with E-state index in [1.54, 1.807) is 6.20 Å². The van der Waals surface area contributed by atoms with Crippen molar-refractivity contribution in [2.75, 3.05) is 11.9 Å². The third kappa shape index (κ3) is 2.49. The molecule has 1 atom stereocenters. The Hall–Kier alpha value is -1.13. The Morgan fingerprint density at radius 1 is 1.67 bits per heavy atom. The van der Waals surface area contributed by atoms with E-state index in [1.165, 1.54) is 0 Å². The van der Waals surface area contributed by atoms with Crippen LogP contribution in [0, 0.1) is 6.92 Å². The summed E-state index contributed by atoms with van der Waals surface area (Å²) in [5.41, 5.74) is 1.14. The van der Waals surface area contributed by atoms with E-state index in [0.717, 1.165) is 31.4 Å². The summed E-state index contributed by atoms with van der Waals surface area (Å²) in [7, 11) is 0. The fourth-order valence-corrected chi connectivity index (χ4v) is 2.44. The molecule has 1 aromatic heterocycles. The molecule has 0 aliphatic carbocycles. The third-order valence-electron chi connectivity index (χ3n) is 3.55. The first kappa shape index (κ1) is 13.3. The summed E-state index contributed by atoms with van der Waals surface area (Å²) >= 11 is 5.86. The molecule has 2 heterocycles. The van der Waals surface area contributed by atoms with Gasteiger partial charge >= 0.3 is 0 Å². The molecule has 5 heteroatoms. The summed E-state index contributed by atoms with van der Waals surface area (Å²) in [6.07, 6.45) is 4.30. The highest BCUT2D eigenvalue weighted by atomic mass is 35.5. The molecule has 4 nitrogen and oxygen atoms in total. The highest BCUT2D eigenvalue weighted by Gasteiger charge is 2.39. The van der Waals surface area contributed by atoms with Gasteiger partial charge in [0, 0.05) is 0 Å². The van der Waals surface area contributed by atoms with Crippen LogP contribution < -0.4 is 10.6 Å². The van der Waals surface area contributed by atoms with Crippen molar-refractivity contribution >= 4 is 23.2 Å². The van der Waals surface area contributed by atoms with E-state index >= 15 is 0 Å². The van der Waals surface area contributed by atoms with E-state index in [1.807, 2.05) is 19.9 Å². The first-order valence-corrected chi connectivity index (χ1v) is 6.64. The van der Waals surface area contributed by atoms with Crippen LogP contribution in [-0.2, 0) is 4.79 Å². The predicted molar refractivity (Wildman–Crippen MR) is 72.9 cm³/mol. The lowest BCUT2D eigenvalue weighted by Gasteiger charge is -2.26. The van der Waals surface area contributed by atoms with E-state index in [0.29, 0.717) is 10.8 Å². The maximum atomic E-state index is 12.3. The van der Waals surface area contributed by atoms with Gasteiger partial charge < -0.3 is 10.6 Å². The molecule has 1 saturated heterocycles. The van der Waals surface area contributed by atoms with Crippen LogP contribution in [0.15, 0.2) is 12.3 Å². The van der Waals surface area contributed by atoms with E-state index in [2.05, 4.69) is 15.6 Å². The van der Waals surface area contributed by atoms with Crippen molar-refractivity contribution in [1.29, 1.82) is 0 Å². The van der Waals surface area contributed by atoms with Gasteiger partial charge in [-0.15, -0.1) is 0 Å². The van der Waals surface area contributed by atoms with Crippen LogP contribution in [0.1, 0.15) is 31.7 Å². The Labute approximate surface area is 112 Å². The fraction of sp³-hybridized carbons (Fsp3) is 0.538. The highest BCUT2D eigenvalue weighted by molar-refractivity contribution is 6.30. The number of pyridine rings is 1. The number of aromatic nitrogens is 1. The molecule has 1 fully saturated rings. The third-order valence-corrected chi connectivity index (χ3v) is 3.95. The molecule has 0 spiro atoms. The van der Waals surface area contributed by atoms with Crippen molar-refractivity contribution < 1.29 is 4.79 Å². The number of hydrogen-bond donors (Lipinski definition) is 2. The first-order chi connectivity index (χ1) is 8.57. The summed E-state index contributed by atoms with van der Waals surface area (Å²) in [5.74, 6) is 0.0195. The fourth-order valence-electron chi connectivity index (χ4n) is 2.34. The normalized spacial score (nSPS) is 23.1. The van der Waals surface area contributed by atoms with Crippen molar-refractivity contribution in [1.82, 2.24) is 10.3 Å². The molecule has 18 heavy (non-hydrogen) atoms. The minimum absolute atomic E-state index is 0.0195. The molecule has 1 aliphatic heterocycles. The number of rotatable bonds is 3. The summed E-state index contributed by atoms with van der Waals surface area (Å²) in [5, 5.41) is 6.70. The zero-order chi connectivity index (χ0) is 13.2. The van der Waals surface area contributed by atoms with Gasteiger partial charge in [-0.3, -0.25) is 4.79 Å². The number of halogens is 1. The van der Waals surface area contributed by atoms with Gasteiger partial charge in [0.05, 0.1) is 17.4 Å². The van der Waals surface area contributed by atoms with Crippen LogP contribution in [0.2, 0.25) is 5.15 Å². The van der Waals surface area contributed by atoms with Crippen LogP contribution in [0.3, 0.4) is 0 Å². The SMILES string of the molecule is CCC1(C(=O)Nc2cnc(Cl)c(C)c2)CCCN1. The highest BCUT2D eigenvalue weighted by Crippen LogP contribution is 2.25. The number of aryl methyl sites for hydroxylation is 1. The minimum atomic E-state index is -0.423. The number of nitrogens with one attached hydrogen (secondary N) is 2. The number of nitrogens with zero attached hydrogens (tertiary/aromatic N) is 1. The number of carbonyl (C=O) groups excluding carboxylic acids is 1. The average Bonchev–Trinajstić information content (AvgIpc) is 2.84. The largest absolute Gasteiger partial charge is 0.323 e. The average molecular weight is 268 g/mol. The monoisotopic (exact) mass is 267 g/mol. The predicted octanol–water partition coefficient (Wildman–Crippen LogP) is 2.51. The smallest absolute Gasteiger partial charge is 0.244 e. The van der Waals surface area contributed by atoms with Gasteiger partial charge in [0.1, 0.15) is 5.15 Å². The molecule has 0 radical (unpaired) electrons. The van der Waals surface area contributed by atoms with Gasteiger partial charge in [0.15, 0.2) is 0 Å². The van der Waals surface area contributed by atoms with Crippen LogP contribution in [-0.4, -0.2) is 23.0 Å². The molecule has 1 aliphatic rings. The zero-order valence-corrected chi connectivity index (χ0v) is 11.5. The van der Waals surface area contributed by atoms with Crippen molar-refractivity contribution in [2.24, 2.45) is 0 Å². The topological polar surface area (TPSA) is 54.0 Å². The second-order valence-corrected chi connectivity index (χ2v) is 5.11. The number of hydrogen-bond acceptors (Lipinski definition) is 3. The van der Waals surface area contributed by atoms with Crippen LogP contribution >= 0.6 is 11.6 Å². The first-order valence-electron chi connectivity index (χ1n) is 6.26.